The van der Waals surface area contributed by atoms with Gasteiger partial charge in [-0.2, -0.15) is 0 Å². The first-order valence-electron chi connectivity index (χ1n) is 6.05. The molecule has 0 spiro atoms. The Bertz CT molecular complexity index is 336. The van der Waals surface area contributed by atoms with E-state index in [2.05, 4.69) is 0 Å². The highest BCUT2D eigenvalue weighted by Gasteiger charge is 2.49. The largest absolute Gasteiger partial charge is 0.479 e. The van der Waals surface area contributed by atoms with Gasteiger partial charge in [0.15, 0.2) is 5.54 Å². The fourth-order valence-electron chi connectivity index (χ4n) is 1.89. The molecule has 1 fully saturated rings. The van der Waals surface area contributed by atoms with E-state index < -0.39 is 23.2 Å². The molecule has 0 aliphatic carbocycles. The van der Waals surface area contributed by atoms with Crippen molar-refractivity contribution in [3.05, 3.63) is 0 Å². The van der Waals surface area contributed by atoms with E-state index >= 15 is 0 Å². The van der Waals surface area contributed by atoms with Crippen LogP contribution in [0.5, 0.6) is 0 Å². The molecule has 1 aliphatic rings. The maximum Gasteiger partial charge on any atom is 0.411 e. The molecular formula is C12H21NO5. The third-order valence-electron chi connectivity index (χ3n) is 2.91. The molecule has 0 aromatic heterocycles. The number of carbonyl (C=O) groups excluding carboxylic acids is 1. The van der Waals surface area contributed by atoms with E-state index in [1.54, 1.807) is 27.7 Å². The van der Waals surface area contributed by atoms with Crippen LogP contribution in [-0.4, -0.2) is 53.0 Å². The van der Waals surface area contributed by atoms with E-state index in [1.165, 1.54) is 4.90 Å². The van der Waals surface area contributed by atoms with Crippen molar-refractivity contribution < 1.29 is 24.2 Å². The number of aliphatic carboxylic acids is 1. The predicted molar refractivity (Wildman–Crippen MR) is 64.4 cm³/mol. The van der Waals surface area contributed by atoms with Crippen LogP contribution in [0.25, 0.3) is 0 Å². The SMILES string of the molecule is CC[C@@]1(C(=O)O)COCCN1C(=O)OC(C)(C)C. The predicted octanol–water partition coefficient (Wildman–Crippen LogP) is 1.49. The molecule has 6 heteroatoms. The minimum atomic E-state index is -1.32. The number of hydrogen-bond acceptors (Lipinski definition) is 4. The van der Waals surface area contributed by atoms with Crippen LogP contribution < -0.4 is 0 Å². The molecule has 1 heterocycles. The number of morpholine rings is 1. The molecule has 1 aliphatic heterocycles. The molecule has 104 valence electrons. The summed E-state index contributed by atoms with van der Waals surface area (Å²) in [4.78, 5) is 24.8. The molecule has 0 aromatic carbocycles. The Kier molecular flexibility index (Phi) is 4.21. The van der Waals surface area contributed by atoms with Gasteiger partial charge in [-0.3, -0.25) is 4.90 Å². The smallest absolute Gasteiger partial charge is 0.411 e. The van der Waals surface area contributed by atoms with E-state index in [4.69, 9.17) is 9.47 Å². The van der Waals surface area contributed by atoms with Crippen molar-refractivity contribution in [2.75, 3.05) is 19.8 Å². The monoisotopic (exact) mass is 259 g/mol. The van der Waals surface area contributed by atoms with Crippen LogP contribution in [0.2, 0.25) is 0 Å². The van der Waals surface area contributed by atoms with Crippen LogP contribution in [0.3, 0.4) is 0 Å². The van der Waals surface area contributed by atoms with Gasteiger partial charge in [0.2, 0.25) is 0 Å². The molecule has 1 saturated heterocycles. The lowest BCUT2D eigenvalue weighted by Gasteiger charge is -2.43. The van der Waals surface area contributed by atoms with Crippen molar-refractivity contribution in [3.8, 4) is 0 Å². The Labute approximate surface area is 107 Å². The van der Waals surface area contributed by atoms with E-state index in [0.717, 1.165) is 0 Å². The first-order chi connectivity index (χ1) is 8.23. The summed E-state index contributed by atoms with van der Waals surface area (Å²) < 4.78 is 10.5. The summed E-state index contributed by atoms with van der Waals surface area (Å²) in [6.45, 7) is 7.53. The summed E-state index contributed by atoms with van der Waals surface area (Å²) in [6.07, 6.45) is -0.322. The van der Waals surface area contributed by atoms with E-state index in [-0.39, 0.29) is 19.6 Å². The van der Waals surface area contributed by atoms with Crippen molar-refractivity contribution in [1.29, 1.82) is 0 Å². The number of amides is 1. The maximum absolute atomic E-state index is 12.1. The summed E-state index contributed by atoms with van der Waals surface area (Å²) >= 11 is 0. The third-order valence-corrected chi connectivity index (χ3v) is 2.91. The van der Waals surface area contributed by atoms with Crippen molar-refractivity contribution in [2.45, 2.75) is 45.3 Å². The van der Waals surface area contributed by atoms with Gasteiger partial charge in [0.05, 0.1) is 13.2 Å². The maximum atomic E-state index is 12.1. The highest BCUT2D eigenvalue weighted by molar-refractivity contribution is 5.85. The van der Waals surface area contributed by atoms with Gasteiger partial charge in [0.1, 0.15) is 5.60 Å². The van der Waals surface area contributed by atoms with E-state index in [9.17, 15) is 14.7 Å². The van der Waals surface area contributed by atoms with Gasteiger partial charge in [-0.05, 0) is 27.2 Å². The fourth-order valence-corrected chi connectivity index (χ4v) is 1.89. The second kappa shape index (κ2) is 5.14. The first kappa shape index (κ1) is 14.8. The van der Waals surface area contributed by atoms with Crippen molar-refractivity contribution in [1.82, 2.24) is 4.90 Å². The Morgan fingerprint density at radius 3 is 2.50 bits per heavy atom. The lowest BCUT2D eigenvalue weighted by atomic mass is 9.94. The number of ether oxygens (including phenoxy) is 2. The molecule has 1 amide bonds. The van der Waals surface area contributed by atoms with Crippen LogP contribution in [0, 0.1) is 0 Å². The molecule has 18 heavy (non-hydrogen) atoms. The zero-order chi connectivity index (χ0) is 14.0. The fraction of sp³-hybridized carbons (Fsp3) is 0.833. The molecule has 1 N–H and O–H groups in total. The molecule has 0 aromatic rings. The quantitative estimate of drug-likeness (QED) is 0.813. The van der Waals surface area contributed by atoms with Crippen LogP contribution >= 0.6 is 0 Å². The third kappa shape index (κ3) is 2.93. The average molecular weight is 259 g/mol. The number of rotatable bonds is 2. The molecular weight excluding hydrogens is 238 g/mol. The molecule has 1 rings (SSSR count). The standard InChI is InChI=1S/C12H21NO5/c1-5-12(9(14)15)8-17-7-6-13(12)10(16)18-11(2,3)4/h5-8H2,1-4H3,(H,14,15)/t12-/m0/s1. The molecule has 1 atom stereocenters. The minimum absolute atomic E-state index is 0.00191. The Hall–Kier alpha value is -1.30. The molecule has 0 saturated carbocycles. The number of carboxylic acid groups (broad SMARTS) is 1. The number of nitrogens with zero attached hydrogens (tertiary/aromatic N) is 1. The van der Waals surface area contributed by atoms with Gasteiger partial charge < -0.3 is 14.6 Å². The van der Waals surface area contributed by atoms with Gasteiger partial charge in [0, 0.05) is 6.54 Å². The normalized spacial score (nSPS) is 24.8. The van der Waals surface area contributed by atoms with Gasteiger partial charge in [0.25, 0.3) is 0 Å². The second-order valence-electron chi connectivity index (χ2n) is 5.37. The van der Waals surface area contributed by atoms with Crippen molar-refractivity contribution >= 4 is 12.1 Å². The molecule has 0 bridgehead atoms. The highest BCUT2D eigenvalue weighted by atomic mass is 16.6. The van der Waals surface area contributed by atoms with Gasteiger partial charge in [-0.15, -0.1) is 0 Å². The Morgan fingerprint density at radius 1 is 1.44 bits per heavy atom. The lowest BCUT2D eigenvalue weighted by molar-refractivity contribution is -0.163. The zero-order valence-corrected chi connectivity index (χ0v) is 11.4. The summed E-state index contributed by atoms with van der Waals surface area (Å²) in [7, 11) is 0. The van der Waals surface area contributed by atoms with Gasteiger partial charge in [-0.25, -0.2) is 9.59 Å². The molecule has 6 nitrogen and oxygen atoms in total. The number of hydrogen-bond donors (Lipinski definition) is 1. The van der Waals surface area contributed by atoms with E-state index in [0.29, 0.717) is 6.61 Å². The van der Waals surface area contributed by atoms with Crippen molar-refractivity contribution in [3.63, 3.8) is 0 Å². The number of carbonyl (C=O) groups is 2. The zero-order valence-electron chi connectivity index (χ0n) is 11.4. The van der Waals surface area contributed by atoms with Crippen LogP contribution in [0.4, 0.5) is 4.79 Å². The summed E-state index contributed by atoms with van der Waals surface area (Å²) in [5.74, 6) is -1.06. The molecule has 0 unspecified atom stereocenters. The number of carboxylic acids is 1. The Morgan fingerprint density at radius 2 is 2.06 bits per heavy atom. The first-order valence-corrected chi connectivity index (χ1v) is 6.05. The van der Waals surface area contributed by atoms with Crippen LogP contribution in [0.15, 0.2) is 0 Å². The molecule has 0 radical (unpaired) electrons. The Balaban J connectivity index is 2.95. The highest BCUT2D eigenvalue weighted by Crippen LogP contribution is 2.26. The second-order valence-corrected chi connectivity index (χ2v) is 5.37. The van der Waals surface area contributed by atoms with Crippen molar-refractivity contribution in [2.24, 2.45) is 0 Å². The lowest BCUT2D eigenvalue weighted by Crippen LogP contribution is -2.63. The summed E-state index contributed by atoms with van der Waals surface area (Å²) in [6, 6.07) is 0. The average Bonchev–Trinajstić information content (AvgIpc) is 2.26. The van der Waals surface area contributed by atoms with Crippen LogP contribution in [-0.2, 0) is 14.3 Å². The summed E-state index contributed by atoms with van der Waals surface area (Å²) in [5, 5.41) is 9.38. The topological polar surface area (TPSA) is 76.1 Å². The van der Waals surface area contributed by atoms with Gasteiger partial charge >= 0.3 is 12.1 Å². The van der Waals surface area contributed by atoms with Crippen LogP contribution in [0.1, 0.15) is 34.1 Å². The summed E-state index contributed by atoms with van der Waals surface area (Å²) in [5.41, 5.74) is -1.96. The van der Waals surface area contributed by atoms with Gasteiger partial charge in [-0.1, -0.05) is 6.92 Å². The minimum Gasteiger partial charge on any atom is -0.479 e. The van der Waals surface area contributed by atoms with E-state index in [1.807, 2.05) is 0 Å².